The van der Waals surface area contributed by atoms with Crippen molar-refractivity contribution in [2.24, 2.45) is 0 Å². The predicted molar refractivity (Wildman–Crippen MR) is 81.1 cm³/mol. The van der Waals surface area contributed by atoms with Gasteiger partial charge in [0.1, 0.15) is 0 Å². The molecule has 114 valence electrons. The second-order valence-corrected chi connectivity index (χ2v) is 5.81. The first-order valence-electron chi connectivity index (χ1n) is 7.06. The van der Waals surface area contributed by atoms with E-state index in [1.54, 1.807) is 24.3 Å². The van der Waals surface area contributed by atoms with E-state index < -0.39 is 17.4 Å². The van der Waals surface area contributed by atoms with E-state index in [-0.39, 0.29) is 6.54 Å². The Morgan fingerprint density at radius 3 is 2.48 bits per heavy atom. The maximum atomic E-state index is 11.8. The van der Waals surface area contributed by atoms with Crippen LogP contribution in [0.2, 0.25) is 5.02 Å². The number of para-hydroxylation sites is 1. The SMILES string of the molecule is O=C(NCC1(O)CCCCC1)C(=O)Nc1ccccc1Cl. The van der Waals surface area contributed by atoms with E-state index in [0.717, 1.165) is 19.3 Å². The molecule has 0 spiro atoms. The lowest BCUT2D eigenvalue weighted by Crippen LogP contribution is -2.47. The highest BCUT2D eigenvalue weighted by atomic mass is 35.5. The van der Waals surface area contributed by atoms with Gasteiger partial charge < -0.3 is 15.7 Å². The quantitative estimate of drug-likeness (QED) is 0.748. The van der Waals surface area contributed by atoms with Crippen LogP contribution >= 0.6 is 11.6 Å². The summed E-state index contributed by atoms with van der Waals surface area (Å²) in [6.07, 6.45) is 4.29. The van der Waals surface area contributed by atoms with Crippen molar-refractivity contribution in [2.75, 3.05) is 11.9 Å². The number of nitrogens with one attached hydrogen (secondary N) is 2. The molecule has 21 heavy (non-hydrogen) atoms. The maximum Gasteiger partial charge on any atom is 0.313 e. The molecule has 0 unspecified atom stereocenters. The van der Waals surface area contributed by atoms with Gasteiger partial charge in [0.05, 0.1) is 16.3 Å². The van der Waals surface area contributed by atoms with Gasteiger partial charge in [-0.25, -0.2) is 0 Å². The number of amides is 2. The number of hydrogen-bond acceptors (Lipinski definition) is 3. The molecule has 2 rings (SSSR count). The van der Waals surface area contributed by atoms with Crippen molar-refractivity contribution in [1.82, 2.24) is 5.32 Å². The number of aliphatic hydroxyl groups is 1. The van der Waals surface area contributed by atoms with Gasteiger partial charge in [0.15, 0.2) is 0 Å². The molecule has 2 amide bonds. The van der Waals surface area contributed by atoms with E-state index in [2.05, 4.69) is 10.6 Å². The van der Waals surface area contributed by atoms with Gasteiger partial charge in [0.25, 0.3) is 0 Å². The van der Waals surface area contributed by atoms with Crippen LogP contribution < -0.4 is 10.6 Å². The summed E-state index contributed by atoms with van der Waals surface area (Å²) in [7, 11) is 0. The van der Waals surface area contributed by atoms with E-state index in [1.165, 1.54) is 0 Å². The molecule has 5 nitrogen and oxygen atoms in total. The van der Waals surface area contributed by atoms with Crippen LogP contribution in [0.25, 0.3) is 0 Å². The third-order valence-electron chi connectivity index (χ3n) is 3.69. The monoisotopic (exact) mass is 310 g/mol. The van der Waals surface area contributed by atoms with Crippen LogP contribution in [0.15, 0.2) is 24.3 Å². The van der Waals surface area contributed by atoms with Crippen LogP contribution in [0, 0.1) is 0 Å². The van der Waals surface area contributed by atoms with Crippen molar-refractivity contribution in [3.05, 3.63) is 29.3 Å². The first-order valence-corrected chi connectivity index (χ1v) is 7.44. The molecule has 1 aromatic carbocycles. The third kappa shape index (κ3) is 4.44. The molecule has 0 aromatic heterocycles. The summed E-state index contributed by atoms with van der Waals surface area (Å²) < 4.78 is 0. The standard InChI is InChI=1S/C15H19ClN2O3/c16-11-6-2-3-7-12(11)18-14(20)13(19)17-10-15(21)8-4-1-5-9-15/h2-3,6-7,21H,1,4-5,8-10H2,(H,17,19)(H,18,20). The molecule has 0 atom stereocenters. The van der Waals surface area contributed by atoms with Gasteiger partial charge in [0, 0.05) is 6.54 Å². The highest BCUT2D eigenvalue weighted by Gasteiger charge is 2.30. The predicted octanol–water partition coefficient (Wildman–Crippen LogP) is 2.09. The van der Waals surface area contributed by atoms with Crippen LogP contribution in [0.4, 0.5) is 5.69 Å². The van der Waals surface area contributed by atoms with Gasteiger partial charge in [-0.3, -0.25) is 9.59 Å². The van der Waals surface area contributed by atoms with Gasteiger partial charge in [-0.05, 0) is 25.0 Å². The Kier molecular flexibility index (Phi) is 5.20. The van der Waals surface area contributed by atoms with Gasteiger partial charge in [-0.15, -0.1) is 0 Å². The van der Waals surface area contributed by atoms with Crippen molar-refractivity contribution in [3.63, 3.8) is 0 Å². The lowest BCUT2D eigenvalue weighted by atomic mass is 9.85. The molecule has 1 aromatic rings. The van der Waals surface area contributed by atoms with E-state index in [1.807, 2.05) is 0 Å². The number of benzene rings is 1. The minimum atomic E-state index is -0.890. The molecule has 3 N–H and O–H groups in total. The molecule has 1 aliphatic rings. The molecule has 0 heterocycles. The Hall–Kier alpha value is -1.59. The summed E-state index contributed by atoms with van der Waals surface area (Å²) in [5.74, 6) is -1.56. The Morgan fingerprint density at radius 2 is 1.81 bits per heavy atom. The first-order chi connectivity index (χ1) is 10.0. The average molecular weight is 311 g/mol. The summed E-state index contributed by atoms with van der Waals surface area (Å²) in [6, 6.07) is 6.68. The minimum Gasteiger partial charge on any atom is -0.388 e. The highest BCUT2D eigenvalue weighted by Crippen LogP contribution is 2.27. The van der Waals surface area contributed by atoms with Gasteiger partial charge in [-0.1, -0.05) is 43.0 Å². The van der Waals surface area contributed by atoms with Crippen molar-refractivity contribution in [3.8, 4) is 0 Å². The summed E-state index contributed by atoms with van der Waals surface area (Å²) in [4.78, 5) is 23.5. The number of carbonyl (C=O) groups excluding carboxylic acids is 2. The van der Waals surface area contributed by atoms with Crippen LogP contribution in [-0.4, -0.2) is 29.1 Å². The van der Waals surface area contributed by atoms with Gasteiger partial charge in [-0.2, -0.15) is 0 Å². The summed E-state index contributed by atoms with van der Waals surface area (Å²) in [5.41, 5.74) is -0.505. The van der Waals surface area contributed by atoms with E-state index in [4.69, 9.17) is 11.6 Å². The fourth-order valence-corrected chi connectivity index (χ4v) is 2.64. The highest BCUT2D eigenvalue weighted by molar-refractivity contribution is 6.41. The number of hydrogen-bond donors (Lipinski definition) is 3. The number of carbonyl (C=O) groups is 2. The first kappa shape index (κ1) is 15.8. The molecule has 1 fully saturated rings. The third-order valence-corrected chi connectivity index (χ3v) is 4.02. The van der Waals surface area contributed by atoms with Gasteiger partial charge in [0.2, 0.25) is 0 Å². The lowest BCUT2D eigenvalue weighted by molar-refractivity contribution is -0.137. The molecule has 1 aliphatic carbocycles. The van der Waals surface area contributed by atoms with Crippen LogP contribution in [-0.2, 0) is 9.59 Å². The average Bonchev–Trinajstić information content (AvgIpc) is 2.48. The zero-order valence-electron chi connectivity index (χ0n) is 11.7. The number of rotatable bonds is 3. The topological polar surface area (TPSA) is 78.4 Å². The van der Waals surface area contributed by atoms with Crippen LogP contribution in [0.1, 0.15) is 32.1 Å². The molecular formula is C15H19ClN2O3. The zero-order valence-corrected chi connectivity index (χ0v) is 12.4. The number of anilines is 1. The van der Waals surface area contributed by atoms with Crippen molar-refractivity contribution >= 4 is 29.1 Å². The van der Waals surface area contributed by atoms with E-state index >= 15 is 0 Å². The molecule has 6 heteroatoms. The minimum absolute atomic E-state index is 0.0990. The molecule has 0 saturated heterocycles. The maximum absolute atomic E-state index is 11.8. The fourth-order valence-electron chi connectivity index (χ4n) is 2.45. The molecule has 0 bridgehead atoms. The van der Waals surface area contributed by atoms with Crippen molar-refractivity contribution < 1.29 is 14.7 Å². The Balaban J connectivity index is 1.85. The van der Waals surface area contributed by atoms with Crippen LogP contribution in [0.3, 0.4) is 0 Å². The molecule has 0 radical (unpaired) electrons. The molecule has 1 saturated carbocycles. The molecule has 0 aliphatic heterocycles. The van der Waals surface area contributed by atoms with E-state index in [9.17, 15) is 14.7 Å². The summed E-state index contributed by atoms with van der Waals surface area (Å²) in [5, 5.41) is 15.6. The number of halogens is 1. The summed E-state index contributed by atoms with van der Waals surface area (Å²) >= 11 is 5.91. The second-order valence-electron chi connectivity index (χ2n) is 5.40. The molecular weight excluding hydrogens is 292 g/mol. The van der Waals surface area contributed by atoms with E-state index in [0.29, 0.717) is 23.6 Å². The Labute approximate surface area is 128 Å². The summed E-state index contributed by atoms with van der Waals surface area (Å²) in [6.45, 7) is 0.0990. The lowest BCUT2D eigenvalue weighted by Gasteiger charge is -2.31. The zero-order chi connectivity index (χ0) is 15.3. The van der Waals surface area contributed by atoms with Crippen molar-refractivity contribution in [1.29, 1.82) is 0 Å². The Bertz CT molecular complexity index is 527. The van der Waals surface area contributed by atoms with Gasteiger partial charge >= 0.3 is 11.8 Å². The smallest absolute Gasteiger partial charge is 0.313 e. The normalized spacial score (nSPS) is 17.0. The largest absolute Gasteiger partial charge is 0.388 e. The van der Waals surface area contributed by atoms with Crippen molar-refractivity contribution in [2.45, 2.75) is 37.7 Å². The fraction of sp³-hybridized carbons (Fsp3) is 0.467. The Morgan fingerprint density at radius 1 is 1.14 bits per heavy atom. The van der Waals surface area contributed by atoms with Crippen LogP contribution in [0.5, 0.6) is 0 Å². The second kappa shape index (κ2) is 6.91.